The van der Waals surface area contributed by atoms with Gasteiger partial charge >= 0.3 is 0 Å². The van der Waals surface area contributed by atoms with E-state index >= 15 is 0 Å². The van der Waals surface area contributed by atoms with Crippen LogP contribution in [0.4, 0.5) is 0 Å². The first-order chi connectivity index (χ1) is 11.6. The Morgan fingerprint density at radius 1 is 1.17 bits per heavy atom. The van der Waals surface area contributed by atoms with E-state index in [1.54, 1.807) is 0 Å². The van der Waals surface area contributed by atoms with E-state index in [0.717, 1.165) is 27.6 Å². The third kappa shape index (κ3) is 3.18. The minimum atomic E-state index is -0.741. The Labute approximate surface area is 140 Å². The van der Waals surface area contributed by atoms with Crippen LogP contribution >= 0.6 is 0 Å². The van der Waals surface area contributed by atoms with Gasteiger partial charge in [0, 0.05) is 23.6 Å². The van der Waals surface area contributed by atoms with Crippen LogP contribution in [-0.4, -0.2) is 22.5 Å². The van der Waals surface area contributed by atoms with E-state index in [9.17, 15) is 9.90 Å². The molecule has 1 aromatic heterocycles. The molecule has 2 atom stereocenters. The van der Waals surface area contributed by atoms with Gasteiger partial charge in [0.05, 0.1) is 5.92 Å². The molecule has 2 aromatic carbocycles. The highest BCUT2D eigenvalue weighted by Gasteiger charge is 2.17. The predicted octanol–water partition coefficient (Wildman–Crippen LogP) is 1.85. The third-order valence-electron chi connectivity index (χ3n) is 4.36. The first-order valence-corrected chi connectivity index (χ1v) is 7.92. The predicted molar refractivity (Wildman–Crippen MR) is 94.2 cm³/mol. The summed E-state index contributed by atoms with van der Waals surface area (Å²) in [4.78, 5) is 14.5. The lowest BCUT2D eigenvalue weighted by atomic mass is 9.93. The first-order valence-electron chi connectivity index (χ1n) is 7.92. The number of aliphatic hydroxyl groups excluding tert-OH is 1. The van der Waals surface area contributed by atoms with Crippen molar-refractivity contribution >= 4 is 16.8 Å². The Kier molecular flexibility index (Phi) is 4.64. The molecule has 1 amide bonds. The number of aromatic nitrogens is 1. The fourth-order valence-electron chi connectivity index (χ4n) is 3.00. The zero-order chi connectivity index (χ0) is 17.1. The zero-order valence-corrected chi connectivity index (χ0v) is 13.3. The van der Waals surface area contributed by atoms with Gasteiger partial charge in [-0.2, -0.15) is 0 Å². The highest BCUT2D eigenvalue weighted by atomic mass is 16.3. The molecule has 0 fully saturated rings. The Morgan fingerprint density at radius 2 is 1.96 bits per heavy atom. The number of carbonyl (C=O) groups is 1. The number of hydrogen-bond donors (Lipinski definition) is 4. The summed E-state index contributed by atoms with van der Waals surface area (Å²) in [6.07, 6.45) is 1.59. The molecule has 0 saturated carbocycles. The van der Waals surface area contributed by atoms with Gasteiger partial charge in [-0.1, -0.05) is 36.4 Å². The number of benzene rings is 2. The average molecular weight is 323 g/mol. The second-order valence-electron chi connectivity index (χ2n) is 5.97. The molecule has 3 aromatic rings. The third-order valence-corrected chi connectivity index (χ3v) is 4.36. The summed E-state index contributed by atoms with van der Waals surface area (Å²) >= 11 is 0. The second-order valence-corrected chi connectivity index (χ2v) is 5.97. The number of aliphatic hydroxyl groups is 1. The summed E-state index contributed by atoms with van der Waals surface area (Å²) in [5.74, 6) is -0.800. The van der Waals surface area contributed by atoms with Gasteiger partial charge in [0.2, 0.25) is 5.91 Å². The number of rotatable bonds is 6. The molecule has 24 heavy (non-hydrogen) atoms. The minimum Gasteiger partial charge on any atom is -0.384 e. The fourth-order valence-corrected chi connectivity index (χ4v) is 3.00. The van der Waals surface area contributed by atoms with Crippen molar-refractivity contribution in [2.45, 2.75) is 12.5 Å². The molecular formula is C19H21N3O2. The molecule has 0 saturated heterocycles. The first kappa shape index (κ1) is 16.2. The standard InChI is InChI=1S/C19H21N3O2/c20-11-14(19(21)24)10-12-3-1-4-13(9-12)18(23)16-5-2-6-17-15(16)7-8-22-17/h1-9,14,18,22-23H,10-11,20H2,(H2,21,24)/t14-,18?/m1/s1. The van der Waals surface area contributed by atoms with E-state index in [1.807, 2.05) is 54.7 Å². The monoisotopic (exact) mass is 323 g/mol. The number of hydrogen-bond acceptors (Lipinski definition) is 3. The lowest BCUT2D eigenvalue weighted by molar-refractivity contribution is -0.121. The fraction of sp³-hybridized carbons (Fsp3) is 0.211. The van der Waals surface area contributed by atoms with Gasteiger partial charge < -0.3 is 21.6 Å². The van der Waals surface area contributed by atoms with E-state index in [0.29, 0.717) is 6.42 Å². The van der Waals surface area contributed by atoms with Crippen LogP contribution in [0.25, 0.3) is 10.9 Å². The van der Waals surface area contributed by atoms with Crippen LogP contribution in [0, 0.1) is 5.92 Å². The summed E-state index contributed by atoms with van der Waals surface area (Å²) < 4.78 is 0. The van der Waals surface area contributed by atoms with Crippen LogP contribution < -0.4 is 11.5 Å². The largest absolute Gasteiger partial charge is 0.384 e. The number of primary amides is 1. The van der Waals surface area contributed by atoms with Gasteiger partial charge in [-0.3, -0.25) is 4.79 Å². The van der Waals surface area contributed by atoms with Crippen LogP contribution in [0.1, 0.15) is 22.8 Å². The van der Waals surface area contributed by atoms with Gasteiger partial charge in [-0.25, -0.2) is 0 Å². The molecule has 6 N–H and O–H groups in total. The maximum Gasteiger partial charge on any atom is 0.222 e. The van der Waals surface area contributed by atoms with Crippen LogP contribution in [0.3, 0.4) is 0 Å². The van der Waals surface area contributed by atoms with Gasteiger partial charge in [0.25, 0.3) is 0 Å². The Hall–Kier alpha value is -2.63. The van der Waals surface area contributed by atoms with Crippen LogP contribution in [0.15, 0.2) is 54.7 Å². The smallest absolute Gasteiger partial charge is 0.222 e. The molecule has 0 aliphatic heterocycles. The quantitative estimate of drug-likeness (QED) is 0.556. The molecule has 0 spiro atoms. The maximum atomic E-state index is 11.4. The molecule has 1 heterocycles. The molecule has 0 aliphatic rings. The van der Waals surface area contributed by atoms with Crippen LogP contribution in [0.2, 0.25) is 0 Å². The van der Waals surface area contributed by atoms with E-state index < -0.39 is 17.9 Å². The van der Waals surface area contributed by atoms with Crippen LogP contribution in [-0.2, 0) is 11.2 Å². The lowest BCUT2D eigenvalue weighted by Gasteiger charge is -2.15. The Balaban J connectivity index is 1.91. The number of fused-ring (bicyclic) bond motifs is 1. The van der Waals surface area contributed by atoms with E-state index in [-0.39, 0.29) is 6.54 Å². The SMILES string of the molecule is NC[C@@H](Cc1cccc(C(O)c2cccc3[nH]ccc23)c1)C(N)=O. The summed E-state index contributed by atoms with van der Waals surface area (Å²) in [5, 5.41) is 11.8. The van der Waals surface area contributed by atoms with Crippen LogP contribution in [0.5, 0.6) is 0 Å². The van der Waals surface area contributed by atoms with Crippen molar-refractivity contribution < 1.29 is 9.90 Å². The number of amides is 1. The van der Waals surface area contributed by atoms with E-state index in [2.05, 4.69) is 4.98 Å². The van der Waals surface area contributed by atoms with Crippen molar-refractivity contribution in [2.75, 3.05) is 6.54 Å². The zero-order valence-electron chi connectivity index (χ0n) is 13.3. The molecule has 5 nitrogen and oxygen atoms in total. The molecular weight excluding hydrogens is 302 g/mol. The Morgan fingerprint density at radius 3 is 2.71 bits per heavy atom. The summed E-state index contributed by atoms with van der Waals surface area (Å²) in [7, 11) is 0. The van der Waals surface area contributed by atoms with Crippen molar-refractivity contribution in [3.8, 4) is 0 Å². The Bertz CT molecular complexity index is 856. The van der Waals surface area contributed by atoms with Crippen molar-refractivity contribution in [3.63, 3.8) is 0 Å². The normalized spacial score (nSPS) is 13.8. The summed E-state index contributed by atoms with van der Waals surface area (Å²) in [6.45, 7) is 0.213. The average Bonchev–Trinajstić information content (AvgIpc) is 3.07. The molecule has 1 unspecified atom stereocenters. The van der Waals surface area contributed by atoms with Gasteiger partial charge in [-0.15, -0.1) is 0 Å². The van der Waals surface area contributed by atoms with E-state index in [1.165, 1.54) is 0 Å². The molecule has 0 bridgehead atoms. The maximum absolute atomic E-state index is 11.4. The number of nitrogens with two attached hydrogens (primary N) is 2. The number of H-pyrrole nitrogens is 1. The molecule has 0 radical (unpaired) electrons. The molecule has 3 rings (SSSR count). The highest BCUT2D eigenvalue weighted by molar-refractivity contribution is 5.83. The van der Waals surface area contributed by atoms with Crippen molar-refractivity contribution in [2.24, 2.45) is 17.4 Å². The summed E-state index contributed by atoms with van der Waals surface area (Å²) in [5.41, 5.74) is 14.5. The van der Waals surface area contributed by atoms with Crippen molar-refractivity contribution in [3.05, 3.63) is 71.4 Å². The lowest BCUT2D eigenvalue weighted by Crippen LogP contribution is -2.31. The van der Waals surface area contributed by atoms with Crippen molar-refractivity contribution in [1.82, 2.24) is 4.98 Å². The highest BCUT2D eigenvalue weighted by Crippen LogP contribution is 2.29. The van der Waals surface area contributed by atoms with Crippen molar-refractivity contribution in [1.29, 1.82) is 0 Å². The van der Waals surface area contributed by atoms with E-state index in [4.69, 9.17) is 11.5 Å². The number of nitrogens with one attached hydrogen (secondary N) is 1. The molecule has 0 aliphatic carbocycles. The van der Waals surface area contributed by atoms with Gasteiger partial charge in [0.1, 0.15) is 6.10 Å². The number of aromatic amines is 1. The topological polar surface area (TPSA) is 105 Å². The number of carbonyl (C=O) groups excluding carboxylic acids is 1. The van der Waals surface area contributed by atoms with Gasteiger partial charge in [-0.05, 0) is 35.2 Å². The second kappa shape index (κ2) is 6.86. The molecule has 124 valence electrons. The van der Waals surface area contributed by atoms with Gasteiger partial charge in [0.15, 0.2) is 0 Å². The minimum absolute atomic E-state index is 0.213. The summed E-state index contributed by atoms with van der Waals surface area (Å²) in [6, 6.07) is 15.3. The molecule has 5 heteroatoms.